The van der Waals surface area contributed by atoms with Gasteiger partial charge in [0.1, 0.15) is 0 Å². The third-order valence-corrected chi connectivity index (χ3v) is 6.44. The maximum atomic E-state index is 13.0. The Hall–Kier alpha value is -2.13. The molecular formula is C24H30N2O. The van der Waals surface area contributed by atoms with Crippen LogP contribution in [0.2, 0.25) is 0 Å². The first-order chi connectivity index (χ1) is 13.2. The van der Waals surface area contributed by atoms with Crippen LogP contribution in [0.4, 0.5) is 0 Å². The second-order valence-corrected chi connectivity index (χ2v) is 8.17. The smallest absolute Gasteiger partial charge is 0.227 e. The number of amides is 1. The van der Waals surface area contributed by atoms with E-state index in [9.17, 15) is 4.79 Å². The van der Waals surface area contributed by atoms with Gasteiger partial charge in [-0.25, -0.2) is 0 Å². The highest BCUT2D eigenvalue weighted by molar-refractivity contribution is 5.83. The fourth-order valence-corrected chi connectivity index (χ4v) is 5.05. The highest BCUT2D eigenvalue weighted by Crippen LogP contribution is 2.39. The lowest BCUT2D eigenvalue weighted by Crippen LogP contribution is -2.41. The van der Waals surface area contributed by atoms with Crippen molar-refractivity contribution in [2.24, 2.45) is 11.8 Å². The van der Waals surface area contributed by atoms with E-state index in [4.69, 9.17) is 0 Å². The van der Waals surface area contributed by atoms with Crippen LogP contribution in [0.3, 0.4) is 0 Å². The molecule has 4 rings (SSSR count). The molecule has 1 aliphatic heterocycles. The van der Waals surface area contributed by atoms with Crippen molar-refractivity contribution in [2.75, 3.05) is 13.1 Å². The number of hydrogen-bond donors (Lipinski definition) is 1. The summed E-state index contributed by atoms with van der Waals surface area (Å²) in [5.74, 6) is 1.50. The van der Waals surface area contributed by atoms with Gasteiger partial charge in [-0.1, -0.05) is 67.6 Å². The van der Waals surface area contributed by atoms with Gasteiger partial charge in [-0.2, -0.15) is 0 Å². The van der Waals surface area contributed by atoms with Crippen molar-refractivity contribution in [3.05, 3.63) is 71.8 Å². The van der Waals surface area contributed by atoms with E-state index in [0.717, 1.165) is 37.4 Å². The number of carbonyl (C=O) groups excluding carboxylic acids is 1. The van der Waals surface area contributed by atoms with Gasteiger partial charge >= 0.3 is 0 Å². The van der Waals surface area contributed by atoms with Crippen LogP contribution in [0.25, 0.3) is 0 Å². The van der Waals surface area contributed by atoms with Crippen LogP contribution in [0.5, 0.6) is 0 Å². The molecule has 1 saturated carbocycles. The fourth-order valence-electron chi connectivity index (χ4n) is 5.05. The van der Waals surface area contributed by atoms with Crippen LogP contribution in [0, 0.1) is 11.8 Å². The summed E-state index contributed by atoms with van der Waals surface area (Å²) in [7, 11) is 0. The molecule has 0 radical (unpaired) electrons. The average Bonchev–Trinajstić information content (AvgIpc) is 3.25. The molecule has 4 atom stereocenters. The second kappa shape index (κ2) is 8.26. The van der Waals surface area contributed by atoms with Crippen molar-refractivity contribution in [3.63, 3.8) is 0 Å². The van der Waals surface area contributed by atoms with Gasteiger partial charge in [0.2, 0.25) is 5.91 Å². The number of nitrogens with zero attached hydrogens (tertiary/aromatic N) is 1. The van der Waals surface area contributed by atoms with Crippen LogP contribution < -0.4 is 5.32 Å². The monoisotopic (exact) mass is 362 g/mol. The Morgan fingerprint density at radius 3 is 2.44 bits per heavy atom. The number of carbonyl (C=O) groups is 1. The van der Waals surface area contributed by atoms with E-state index in [0.29, 0.717) is 12.0 Å². The molecule has 142 valence electrons. The van der Waals surface area contributed by atoms with Crippen LogP contribution in [-0.4, -0.2) is 29.9 Å². The summed E-state index contributed by atoms with van der Waals surface area (Å²) in [4.78, 5) is 15.5. The maximum Gasteiger partial charge on any atom is 0.227 e. The lowest BCUT2D eigenvalue weighted by molar-refractivity contribution is -0.123. The molecule has 2 aromatic rings. The fraction of sp³-hybridized carbons (Fsp3) is 0.458. The van der Waals surface area contributed by atoms with Crippen molar-refractivity contribution in [3.8, 4) is 0 Å². The van der Waals surface area contributed by atoms with Gasteiger partial charge in [0.15, 0.2) is 0 Å². The molecule has 1 heterocycles. The number of nitrogens with one attached hydrogen (secondary N) is 1. The quantitative estimate of drug-likeness (QED) is 0.835. The second-order valence-electron chi connectivity index (χ2n) is 8.17. The Balaban J connectivity index is 1.37. The van der Waals surface area contributed by atoms with Crippen molar-refractivity contribution >= 4 is 5.91 Å². The number of likely N-dealkylation sites (tertiary alicyclic amines) is 1. The van der Waals surface area contributed by atoms with Crippen molar-refractivity contribution in [1.82, 2.24) is 10.2 Å². The molecule has 0 bridgehead atoms. The van der Waals surface area contributed by atoms with Crippen LogP contribution in [-0.2, 0) is 11.3 Å². The van der Waals surface area contributed by atoms with Gasteiger partial charge in [0.05, 0.1) is 5.92 Å². The van der Waals surface area contributed by atoms with E-state index in [1.54, 1.807) is 0 Å². The van der Waals surface area contributed by atoms with Crippen molar-refractivity contribution in [2.45, 2.75) is 44.7 Å². The highest BCUT2D eigenvalue weighted by atomic mass is 16.1. The highest BCUT2D eigenvalue weighted by Gasteiger charge is 2.43. The standard InChI is InChI=1S/C24H30N2O/c1-2-21(19-11-7-4-8-12-19)24(27)25-23-14-13-20-16-26(17-22(20)23)15-18-9-5-3-6-10-18/h3-12,20-23H,2,13-17H2,1H3,(H,25,27)/t20-,21+,22+,23+/m1/s1. The van der Waals surface area contributed by atoms with E-state index in [2.05, 4.69) is 59.6 Å². The van der Waals surface area contributed by atoms with Gasteiger partial charge in [-0.05, 0) is 42.2 Å². The molecule has 1 amide bonds. The molecule has 3 heteroatoms. The molecule has 3 nitrogen and oxygen atoms in total. The summed E-state index contributed by atoms with van der Waals surface area (Å²) in [5.41, 5.74) is 2.51. The van der Waals surface area contributed by atoms with E-state index in [-0.39, 0.29) is 11.8 Å². The molecule has 2 aromatic carbocycles. The molecule has 2 aliphatic rings. The Labute approximate surface area is 162 Å². The summed E-state index contributed by atoms with van der Waals surface area (Å²) in [6.45, 7) is 5.40. The van der Waals surface area contributed by atoms with E-state index < -0.39 is 0 Å². The molecule has 27 heavy (non-hydrogen) atoms. The largest absolute Gasteiger partial charge is 0.353 e. The summed E-state index contributed by atoms with van der Waals surface area (Å²) in [5, 5.41) is 3.42. The maximum absolute atomic E-state index is 13.0. The minimum absolute atomic E-state index is 0.0351. The molecule has 1 N–H and O–H groups in total. The number of benzene rings is 2. The van der Waals surface area contributed by atoms with Crippen LogP contribution in [0.1, 0.15) is 43.2 Å². The van der Waals surface area contributed by atoms with Crippen molar-refractivity contribution in [1.29, 1.82) is 0 Å². The third kappa shape index (κ3) is 4.08. The number of hydrogen-bond acceptors (Lipinski definition) is 2. The van der Waals surface area contributed by atoms with E-state index >= 15 is 0 Å². The summed E-state index contributed by atoms with van der Waals surface area (Å²) >= 11 is 0. The van der Waals surface area contributed by atoms with Crippen molar-refractivity contribution < 1.29 is 4.79 Å². The zero-order valence-corrected chi connectivity index (χ0v) is 16.2. The Morgan fingerprint density at radius 1 is 1.04 bits per heavy atom. The molecule has 0 aromatic heterocycles. The first-order valence-electron chi connectivity index (χ1n) is 10.4. The number of fused-ring (bicyclic) bond motifs is 1. The zero-order valence-electron chi connectivity index (χ0n) is 16.2. The lowest BCUT2D eigenvalue weighted by atomic mass is 9.93. The molecule has 0 spiro atoms. The first-order valence-corrected chi connectivity index (χ1v) is 10.4. The average molecular weight is 363 g/mol. The molecule has 1 aliphatic carbocycles. The van der Waals surface area contributed by atoms with Crippen LogP contribution >= 0.6 is 0 Å². The summed E-state index contributed by atoms with van der Waals surface area (Å²) in [6.07, 6.45) is 3.21. The normalized spacial score (nSPS) is 25.9. The number of rotatable bonds is 6. The van der Waals surface area contributed by atoms with Gasteiger partial charge in [-0.15, -0.1) is 0 Å². The molecule has 2 fully saturated rings. The first kappa shape index (κ1) is 18.2. The molecular weight excluding hydrogens is 332 g/mol. The van der Waals surface area contributed by atoms with E-state index in [1.165, 1.54) is 18.5 Å². The summed E-state index contributed by atoms with van der Waals surface area (Å²) in [6, 6.07) is 21.3. The molecule has 1 saturated heterocycles. The van der Waals surface area contributed by atoms with Gasteiger partial charge in [0.25, 0.3) is 0 Å². The van der Waals surface area contributed by atoms with E-state index in [1.807, 2.05) is 18.2 Å². The minimum atomic E-state index is -0.0351. The van der Waals surface area contributed by atoms with Gasteiger partial charge in [0, 0.05) is 25.7 Å². The topological polar surface area (TPSA) is 32.3 Å². The van der Waals surface area contributed by atoms with Gasteiger partial charge < -0.3 is 5.32 Å². The zero-order chi connectivity index (χ0) is 18.6. The summed E-state index contributed by atoms with van der Waals surface area (Å²) < 4.78 is 0. The minimum Gasteiger partial charge on any atom is -0.353 e. The van der Waals surface area contributed by atoms with Gasteiger partial charge in [-0.3, -0.25) is 9.69 Å². The predicted molar refractivity (Wildman–Crippen MR) is 109 cm³/mol. The SMILES string of the molecule is CC[C@H](C(=O)N[C@H]1CC[C@@H]2CN(Cc3ccccc3)C[C@@H]21)c1ccccc1. The Kier molecular flexibility index (Phi) is 5.58. The Bertz CT molecular complexity index is 745. The predicted octanol–water partition coefficient (Wildman–Crippen LogP) is 4.21. The lowest BCUT2D eigenvalue weighted by Gasteiger charge is -2.24. The molecule has 0 unspecified atom stereocenters. The van der Waals surface area contributed by atoms with Crippen LogP contribution in [0.15, 0.2) is 60.7 Å². The third-order valence-electron chi connectivity index (χ3n) is 6.44. The Morgan fingerprint density at radius 2 is 1.74 bits per heavy atom.